The van der Waals surface area contributed by atoms with E-state index < -0.39 is 21.7 Å². The fraction of sp³-hybridized carbons (Fsp3) is 0.0455. The van der Waals surface area contributed by atoms with Gasteiger partial charge in [0.05, 0.1) is 16.1 Å². The van der Waals surface area contributed by atoms with Gasteiger partial charge in [-0.15, -0.1) is 0 Å². The van der Waals surface area contributed by atoms with E-state index in [1.807, 2.05) is 0 Å². The Balaban J connectivity index is 1.86. The molecule has 32 heavy (non-hydrogen) atoms. The van der Waals surface area contributed by atoms with Crippen molar-refractivity contribution in [2.24, 2.45) is 5.16 Å². The third kappa shape index (κ3) is 5.13. The van der Waals surface area contributed by atoms with E-state index in [0.29, 0.717) is 11.1 Å². The molecule has 0 fully saturated rings. The molecular weight excluding hydrogens is 456 g/mol. The van der Waals surface area contributed by atoms with Gasteiger partial charge in [-0.3, -0.25) is 4.79 Å². The number of carboxylic acid groups (broad SMARTS) is 1. The predicted molar refractivity (Wildman–Crippen MR) is 120 cm³/mol. The SMILES string of the molecule is CS(=O)(=O)c1cccc(C(=NO)c2ccc(C(=O)Nc3ccc(Cl)cc3C(=O)O)cc2)c1. The Morgan fingerprint density at radius 3 is 2.19 bits per heavy atom. The van der Waals surface area contributed by atoms with E-state index in [1.165, 1.54) is 60.7 Å². The molecule has 0 heterocycles. The molecule has 0 aromatic heterocycles. The van der Waals surface area contributed by atoms with Gasteiger partial charge < -0.3 is 15.6 Å². The number of benzene rings is 3. The van der Waals surface area contributed by atoms with E-state index in [1.54, 1.807) is 6.07 Å². The van der Waals surface area contributed by atoms with Crippen molar-refractivity contribution < 1.29 is 28.3 Å². The molecule has 0 aliphatic heterocycles. The highest BCUT2D eigenvalue weighted by Crippen LogP contribution is 2.22. The van der Waals surface area contributed by atoms with Crippen molar-refractivity contribution in [1.29, 1.82) is 0 Å². The second-order valence-corrected chi connectivity index (χ2v) is 9.23. The molecular formula is C22H17ClN2O6S. The number of carbonyl (C=O) groups is 2. The van der Waals surface area contributed by atoms with Crippen LogP contribution >= 0.6 is 11.6 Å². The van der Waals surface area contributed by atoms with Crippen LogP contribution in [0.2, 0.25) is 5.02 Å². The number of aromatic carboxylic acids is 1. The number of oxime groups is 1. The summed E-state index contributed by atoms with van der Waals surface area (Å²) in [7, 11) is -3.45. The van der Waals surface area contributed by atoms with Crippen LogP contribution in [0.15, 0.2) is 76.8 Å². The summed E-state index contributed by atoms with van der Waals surface area (Å²) < 4.78 is 23.6. The van der Waals surface area contributed by atoms with Gasteiger partial charge in [0.25, 0.3) is 5.91 Å². The summed E-state index contributed by atoms with van der Waals surface area (Å²) in [5.74, 6) is -1.79. The predicted octanol–water partition coefficient (Wildman–Crippen LogP) is 3.92. The summed E-state index contributed by atoms with van der Waals surface area (Å²) in [6, 6.07) is 16.0. The second kappa shape index (κ2) is 9.21. The zero-order chi connectivity index (χ0) is 23.5. The zero-order valence-corrected chi connectivity index (χ0v) is 18.2. The van der Waals surface area contributed by atoms with Crippen molar-refractivity contribution in [2.75, 3.05) is 11.6 Å². The standard InChI is InChI=1S/C22H17ClN2O6S/c1-32(30,31)17-4-2-3-15(11-17)20(25-29)13-5-7-14(8-6-13)21(26)24-19-10-9-16(23)12-18(19)22(27)28/h2-12,29H,1H3,(H,24,26)(H,27,28). The maximum atomic E-state index is 12.6. The number of halogens is 1. The molecule has 1 amide bonds. The maximum absolute atomic E-state index is 12.6. The van der Waals surface area contributed by atoms with Crippen LogP contribution in [0, 0.1) is 0 Å². The first kappa shape index (κ1) is 23.0. The van der Waals surface area contributed by atoms with E-state index in [9.17, 15) is 28.3 Å². The number of carboxylic acids is 1. The van der Waals surface area contributed by atoms with Gasteiger partial charge >= 0.3 is 5.97 Å². The summed E-state index contributed by atoms with van der Waals surface area (Å²) in [4.78, 5) is 24.0. The number of nitrogens with one attached hydrogen (secondary N) is 1. The van der Waals surface area contributed by atoms with E-state index in [2.05, 4.69) is 10.5 Å². The van der Waals surface area contributed by atoms with E-state index in [-0.39, 0.29) is 32.4 Å². The van der Waals surface area contributed by atoms with Crippen LogP contribution in [-0.2, 0) is 9.84 Å². The van der Waals surface area contributed by atoms with Crippen molar-refractivity contribution >= 4 is 44.7 Å². The third-order valence-corrected chi connectivity index (χ3v) is 5.86. The summed E-state index contributed by atoms with van der Waals surface area (Å²) in [5, 5.41) is 24.8. The summed E-state index contributed by atoms with van der Waals surface area (Å²) in [5.41, 5.74) is 1.09. The van der Waals surface area contributed by atoms with Crippen molar-refractivity contribution in [3.8, 4) is 0 Å². The van der Waals surface area contributed by atoms with Gasteiger partial charge in [-0.25, -0.2) is 13.2 Å². The van der Waals surface area contributed by atoms with Crippen molar-refractivity contribution in [1.82, 2.24) is 0 Å². The second-order valence-electron chi connectivity index (χ2n) is 6.78. The quantitative estimate of drug-likeness (QED) is 0.283. The highest BCUT2D eigenvalue weighted by molar-refractivity contribution is 7.90. The number of amides is 1. The molecule has 0 bridgehead atoms. The number of hydrogen-bond acceptors (Lipinski definition) is 6. The molecule has 3 rings (SSSR count). The normalized spacial score (nSPS) is 11.8. The number of carbonyl (C=O) groups excluding carboxylic acids is 1. The first-order valence-corrected chi connectivity index (χ1v) is 11.3. The molecule has 8 nitrogen and oxygen atoms in total. The molecule has 0 atom stereocenters. The van der Waals surface area contributed by atoms with Gasteiger partial charge in [0, 0.05) is 28.0 Å². The van der Waals surface area contributed by atoms with E-state index in [4.69, 9.17) is 11.6 Å². The minimum atomic E-state index is -3.45. The minimum absolute atomic E-state index is 0.0735. The van der Waals surface area contributed by atoms with Crippen LogP contribution in [0.4, 0.5) is 5.69 Å². The van der Waals surface area contributed by atoms with Gasteiger partial charge in [0.2, 0.25) is 0 Å². The average Bonchev–Trinajstić information content (AvgIpc) is 2.75. The summed E-state index contributed by atoms with van der Waals surface area (Å²) in [6.45, 7) is 0. The van der Waals surface area contributed by atoms with Crippen LogP contribution in [0.5, 0.6) is 0 Å². The Labute approximate surface area is 188 Å². The Morgan fingerprint density at radius 1 is 0.938 bits per heavy atom. The van der Waals surface area contributed by atoms with E-state index in [0.717, 1.165) is 6.26 Å². The Kier molecular flexibility index (Phi) is 6.61. The van der Waals surface area contributed by atoms with Crippen molar-refractivity contribution in [3.05, 3.63) is 94.0 Å². The van der Waals surface area contributed by atoms with Gasteiger partial charge in [-0.2, -0.15) is 0 Å². The molecule has 3 aromatic rings. The fourth-order valence-electron chi connectivity index (χ4n) is 2.93. The van der Waals surface area contributed by atoms with Crippen molar-refractivity contribution in [3.63, 3.8) is 0 Å². The average molecular weight is 473 g/mol. The third-order valence-electron chi connectivity index (χ3n) is 4.52. The molecule has 0 radical (unpaired) electrons. The maximum Gasteiger partial charge on any atom is 0.337 e. The molecule has 0 aliphatic rings. The van der Waals surface area contributed by atoms with Crippen molar-refractivity contribution in [2.45, 2.75) is 4.90 Å². The number of rotatable bonds is 6. The summed E-state index contributed by atoms with van der Waals surface area (Å²) in [6.07, 6.45) is 1.08. The topological polar surface area (TPSA) is 133 Å². The lowest BCUT2D eigenvalue weighted by molar-refractivity contribution is 0.0698. The highest BCUT2D eigenvalue weighted by Gasteiger charge is 2.16. The van der Waals surface area contributed by atoms with Crippen LogP contribution in [0.1, 0.15) is 31.8 Å². The van der Waals surface area contributed by atoms with Crippen LogP contribution in [0.3, 0.4) is 0 Å². The molecule has 0 saturated carbocycles. The largest absolute Gasteiger partial charge is 0.478 e. The number of sulfone groups is 1. The van der Waals surface area contributed by atoms with Crippen LogP contribution < -0.4 is 5.32 Å². The number of hydrogen-bond donors (Lipinski definition) is 3. The van der Waals surface area contributed by atoms with Gasteiger partial charge in [0.15, 0.2) is 9.84 Å². The fourth-order valence-corrected chi connectivity index (χ4v) is 3.77. The Morgan fingerprint density at radius 2 is 1.59 bits per heavy atom. The molecule has 0 spiro atoms. The summed E-state index contributed by atoms with van der Waals surface area (Å²) >= 11 is 5.82. The molecule has 0 aliphatic carbocycles. The van der Waals surface area contributed by atoms with Gasteiger partial charge in [-0.1, -0.05) is 41.0 Å². The number of anilines is 1. The Bertz CT molecular complexity index is 1330. The lowest BCUT2D eigenvalue weighted by Gasteiger charge is -2.10. The Hall–Kier alpha value is -3.69. The van der Waals surface area contributed by atoms with Crippen LogP contribution in [0.25, 0.3) is 0 Å². The van der Waals surface area contributed by atoms with Gasteiger partial charge in [0.1, 0.15) is 5.71 Å². The van der Waals surface area contributed by atoms with Gasteiger partial charge in [-0.05, 0) is 42.5 Å². The van der Waals surface area contributed by atoms with E-state index >= 15 is 0 Å². The lowest BCUT2D eigenvalue weighted by Crippen LogP contribution is -2.15. The minimum Gasteiger partial charge on any atom is -0.478 e. The molecule has 164 valence electrons. The zero-order valence-electron chi connectivity index (χ0n) is 16.6. The first-order valence-electron chi connectivity index (χ1n) is 9.07. The lowest BCUT2D eigenvalue weighted by atomic mass is 10.0. The molecule has 3 aromatic carbocycles. The molecule has 3 N–H and O–H groups in total. The molecule has 0 saturated heterocycles. The highest BCUT2D eigenvalue weighted by atomic mass is 35.5. The monoisotopic (exact) mass is 472 g/mol. The molecule has 0 unspecified atom stereocenters. The first-order chi connectivity index (χ1) is 15.1. The molecule has 10 heteroatoms. The smallest absolute Gasteiger partial charge is 0.337 e. The number of nitrogens with zero attached hydrogens (tertiary/aromatic N) is 1. The van der Waals surface area contributed by atoms with Crippen LogP contribution in [-0.4, -0.2) is 42.6 Å².